The number of carboxylic acid groups (broad SMARTS) is 1. The third-order valence-electron chi connectivity index (χ3n) is 5.60. The monoisotopic (exact) mass is 390 g/mol. The maximum atomic E-state index is 10.9. The Hall–Kier alpha value is -1.62. The summed E-state index contributed by atoms with van der Waals surface area (Å²) in [5.41, 5.74) is 1.44. The van der Waals surface area contributed by atoms with Crippen molar-refractivity contribution in [2.45, 2.75) is 38.1 Å². The molecule has 1 atom stereocenters. The quantitative estimate of drug-likeness (QED) is 0.774. The first-order valence-corrected chi connectivity index (χ1v) is 9.74. The van der Waals surface area contributed by atoms with Gasteiger partial charge in [-0.1, -0.05) is 42.5 Å². The lowest BCUT2D eigenvalue weighted by molar-refractivity contribution is -0.138. The van der Waals surface area contributed by atoms with Crippen LogP contribution in [0.4, 0.5) is 0 Å². The third kappa shape index (κ3) is 6.20. The predicted molar refractivity (Wildman–Crippen MR) is 114 cm³/mol. The third-order valence-corrected chi connectivity index (χ3v) is 5.60. The highest BCUT2D eigenvalue weighted by atomic mass is 35.5. The molecule has 0 saturated carbocycles. The summed E-state index contributed by atoms with van der Waals surface area (Å²) in [6.45, 7) is 3.47. The van der Waals surface area contributed by atoms with Crippen LogP contribution >= 0.6 is 12.4 Å². The highest BCUT2D eigenvalue weighted by Gasteiger charge is 2.21. The molecular formula is C22H31ClN2O2. The van der Waals surface area contributed by atoms with Gasteiger partial charge >= 0.3 is 5.97 Å². The molecule has 0 aliphatic carbocycles. The van der Waals surface area contributed by atoms with Gasteiger partial charge in [0.2, 0.25) is 0 Å². The van der Waals surface area contributed by atoms with E-state index in [4.69, 9.17) is 5.11 Å². The van der Waals surface area contributed by atoms with E-state index in [0.717, 1.165) is 45.3 Å². The van der Waals surface area contributed by atoms with Crippen molar-refractivity contribution in [2.24, 2.45) is 0 Å². The summed E-state index contributed by atoms with van der Waals surface area (Å²) >= 11 is 0. The Balaban J connectivity index is 0.00000261. The zero-order valence-corrected chi connectivity index (χ0v) is 17.0. The van der Waals surface area contributed by atoms with Crippen LogP contribution in [0, 0.1) is 0 Å². The zero-order chi connectivity index (χ0) is 18.4. The molecule has 0 amide bonds. The van der Waals surface area contributed by atoms with Crippen molar-refractivity contribution in [3.8, 4) is 0 Å². The number of fused-ring (bicyclic) bond motifs is 1. The second kappa shape index (κ2) is 10.6. The highest BCUT2D eigenvalue weighted by molar-refractivity contribution is 5.86. The molecule has 1 aliphatic heterocycles. The van der Waals surface area contributed by atoms with Crippen molar-refractivity contribution in [1.29, 1.82) is 0 Å². The summed E-state index contributed by atoms with van der Waals surface area (Å²) in [4.78, 5) is 15.5. The molecule has 2 aromatic carbocycles. The van der Waals surface area contributed by atoms with Crippen LogP contribution in [0.3, 0.4) is 0 Å². The Morgan fingerprint density at radius 1 is 1.15 bits per heavy atom. The molecule has 27 heavy (non-hydrogen) atoms. The molecule has 1 fully saturated rings. The maximum Gasteiger partial charge on any atom is 0.317 e. The number of carbonyl (C=O) groups is 1. The van der Waals surface area contributed by atoms with E-state index in [1.54, 1.807) is 0 Å². The minimum absolute atomic E-state index is 0. The summed E-state index contributed by atoms with van der Waals surface area (Å²) in [5.74, 6) is -0.733. The molecule has 0 radical (unpaired) electrons. The Bertz CT molecular complexity index is 732. The molecule has 4 nitrogen and oxygen atoms in total. The van der Waals surface area contributed by atoms with Crippen LogP contribution < -0.4 is 0 Å². The van der Waals surface area contributed by atoms with Crippen molar-refractivity contribution < 1.29 is 9.90 Å². The van der Waals surface area contributed by atoms with Crippen LogP contribution in [0.2, 0.25) is 0 Å². The molecule has 0 bridgehead atoms. The van der Waals surface area contributed by atoms with Gasteiger partial charge in [0.15, 0.2) is 0 Å². The van der Waals surface area contributed by atoms with E-state index < -0.39 is 5.97 Å². The Morgan fingerprint density at radius 3 is 2.74 bits per heavy atom. The molecule has 3 rings (SSSR count). The van der Waals surface area contributed by atoms with Crippen molar-refractivity contribution >= 4 is 29.1 Å². The van der Waals surface area contributed by atoms with Gasteiger partial charge < -0.3 is 10.0 Å². The first-order valence-electron chi connectivity index (χ1n) is 9.74. The fourth-order valence-electron chi connectivity index (χ4n) is 4.15. The van der Waals surface area contributed by atoms with Crippen molar-refractivity contribution in [2.75, 3.05) is 33.2 Å². The number of aliphatic carboxylic acids is 1. The summed E-state index contributed by atoms with van der Waals surface area (Å²) in [5, 5.41) is 11.7. The molecule has 1 N–H and O–H groups in total. The van der Waals surface area contributed by atoms with Crippen LogP contribution in [0.15, 0.2) is 42.5 Å². The number of halogens is 1. The molecule has 1 saturated heterocycles. The largest absolute Gasteiger partial charge is 0.480 e. The van der Waals surface area contributed by atoms with Gasteiger partial charge in [0, 0.05) is 6.04 Å². The Morgan fingerprint density at radius 2 is 1.93 bits per heavy atom. The predicted octanol–water partition coefficient (Wildman–Crippen LogP) is 4.07. The van der Waals surface area contributed by atoms with Gasteiger partial charge in [0.25, 0.3) is 0 Å². The van der Waals surface area contributed by atoms with Crippen molar-refractivity contribution in [3.05, 3.63) is 48.0 Å². The van der Waals surface area contributed by atoms with E-state index in [0.29, 0.717) is 6.04 Å². The molecule has 1 aliphatic rings. The molecule has 1 heterocycles. The molecular weight excluding hydrogens is 360 g/mol. The average molecular weight is 391 g/mol. The van der Waals surface area contributed by atoms with E-state index in [9.17, 15) is 4.79 Å². The van der Waals surface area contributed by atoms with E-state index in [1.807, 2.05) is 11.9 Å². The summed E-state index contributed by atoms with van der Waals surface area (Å²) in [6, 6.07) is 15.6. The van der Waals surface area contributed by atoms with E-state index in [2.05, 4.69) is 47.4 Å². The number of hydrogen-bond acceptors (Lipinski definition) is 3. The second-order valence-electron chi connectivity index (χ2n) is 7.48. The SMILES string of the molecule is CN(CC(=O)O)C1CCCN(CCCc2cccc3ccccc23)CC1.Cl. The smallest absolute Gasteiger partial charge is 0.317 e. The average Bonchev–Trinajstić information content (AvgIpc) is 2.87. The Labute approximate surface area is 168 Å². The maximum absolute atomic E-state index is 10.9. The fraction of sp³-hybridized carbons (Fsp3) is 0.500. The lowest BCUT2D eigenvalue weighted by Crippen LogP contribution is -2.36. The van der Waals surface area contributed by atoms with E-state index >= 15 is 0 Å². The molecule has 2 aromatic rings. The number of likely N-dealkylation sites (tertiary alicyclic amines) is 1. The van der Waals surface area contributed by atoms with Crippen LogP contribution in [-0.4, -0.2) is 60.1 Å². The number of likely N-dealkylation sites (N-methyl/N-ethyl adjacent to an activating group) is 1. The minimum Gasteiger partial charge on any atom is -0.480 e. The number of nitrogens with zero attached hydrogens (tertiary/aromatic N) is 2. The minimum atomic E-state index is -0.733. The molecule has 0 aromatic heterocycles. The van der Waals surface area contributed by atoms with Crippen molar-refractivity contribution in [1.82, 2.24) is 9.80 Å². The molecule has 0 spiro atoms. The zero-order valence-electron chi connectivity index (χ0n) is 16.1. The molecule has 148 valence electrons. The van der Waals surface area contributed by atoms with Crippen LogP contribution in [0.1, 0.15) is 31.2 Å². The number of carboxylic acids is 1. The number of rotatable bonds is 7. The summed E-state index contributed by atoms with van der Waals surface area (Å²) in [7, 11) is 1.94. The first-order chi connectivity index (χ1) is 12.6. The lowest BCUT2D eigenvalue weighted by atomic mass is 10.0. The molecule has 1 unspecified atom stereocenters. The van der Waals surface area contributed by atoms with Gasteiger partial charge in [-0.15, -0.1) is 12.4 Å². The molecule has 5 heteroatoms. The van der Waals surface area contributed by atoms with Gasteiger partial charge in [-0.3, -0.25) is 9.69 Å². The highest BCUT2D eigenvalue weighted by Crippen LogP contribution is 2.20. The van der Waals surface area contributed by atoms with E-state index in [1.165, 1.54) is 22.8 Å². The first kappa shape index (κ1) is 21.7. The fourth-order valence-corrected chi connectivity index (χ4v) is 4.15. The van der Waals surface area contributed by atoms with E-state index in [-0.39, 0.29) is 19.0 Å². The Kier molecular flexibility index (Phi) is 8.55. The lowest BCUT2D eigenvalue weighted by Gasteiger charge is -2.25. The standard InChI is InChI=1S/C22H30N2O2.ClH/c1-23(17-22(25)26)20-11-6-15-24(16-13-20)14-5-10-19-9-4-8-18-7-2-3-12-21(18)19;/h2-4,7-9,12,20H,5-6,10-11,13-17H2,1H3,(H,25,26);1H. The van der Waals surface area contributed by atoms with Crippen LogP contribution in [0.25, 0.3) is 10.8 Å². The number of benzene rings is 2. The van der Waals surface area contributed by atoms with Crippen molar-refractivity contribution in [3.63, 3.8) is 0 Å². The number of aryl methyl sites for hydroxylation is 1. The van der Waals surface area contributed by atoms with Gasteiger partial charge in [0.1, 0.15) is 0 Å². The van der Waals surface area contributed by atoms with Crippen LogP contribution in [0.5, 0.6) is 0 Å². The summed E-state index contributed by atoms with van der Waals surface area (Å²) < 4.78 is 0. The second-order valence-corrected chi connectivity index (χ2v) is 7.48. The van der Waals surface area contributed by atoms with Gasteiger partial charge in [-0.25, -0.2) is 0 Å². The van der Waals surface area contributed by atoms with Gasteiger partial charge in [-0.05, 0) is 75.1 Å². The van der Waals surface area contributed by atoms with Gasteiger partial charge in [-0.2, -0.15) is 0 Å². The normalized spacial score (nSPS) is 18.2. The van der Waals surface area contributed by atoms with Crippen LogP contribution in [-0.2, 0) is 11.2 Å². The number of hydrogen-bond donors (Lipinski definition) is 1. The topological polar surface area (TPSA) is 43.8 Å². The van der Waals surface area contributed by atoms with Gasteiger partial charge in [0.05, 0.1) is 6.54 Å². The summed E-state index contributed by atoms with van der Waals surface area (Å²) in [6.07, 6.45) is 5.61.